The Kier molecular flexibility index (Phi) is 8.75. The second-order valence-electron chi connectivity index (χ2n) is 15.8. The highest BCUT2D eigenvalue weighted by Crippen LogP contribution is 2.42. The second-order valence-corrected chi connectivity index (χ2v) is 15.8. The van der Waals surface area contributed by atoms with Crippen LogP contribution in [0, 0.1) is 0 Å². The van der Waals surface area contributed by atoms with Gasteiger partial charge in [0, 0.05) is 38.4 Å². The molecule has 12 rings (SSSR count). The van der Waals surface area contributed by atoms with Crippen LogP contribution in [-0.4, -0.2) is 19.9 Å². The minimum absolute atomic E-state index is 0.616. The maximum atomic E-state index is 6.67. The van der Waals surface area contributed by atoms with Crippen molar-refractivity contribution >= 4 is 43.6 Å². The van der Waals surface area contributed by atoms with Crippen LogP contribution in [0.15, 0.2) is 223 Å². The maximum Gasteiger partial charge on any atom is 0.164 e. The van der Waals surface area contributed by atoms with E-state index in [2.05, 4.69) is 170 Å². The number of fused-ring (bicyclic) bond motifs is 6. The van der Waals surface area contributed by atoms with Crippen molar-refractivity contribution in [2.24, 2.45) is 0 Å². The normalized spacial score (nSPS) is 11.5. The Labute approximate surface area is 363 Å². The smallest absolute Gasteiger partial charge is 0.164 e. The SMILES string of the molecule is c1ccc(-c2ccc(-c3nc(-c4ccccc4)nc(-c4cccc(-c5cccc(-c6ccc7nc(-c8cccc9ccccc89)c8oc9ccccc9c8c7c6)c5)c4)n3)cc2)cc1. The molecule has 5 heteroatoms. The number of para-hydroxylation sites is 1. The van der Waals surface area contributed by atoms with Crippen molar-refractivity contribution in [1.82, 2.24) is 19.9 Å². The van der Waals surface area contributed by atoms with E-state index in [4.69, 9.17) is 24.4 Å². The zero-order chi connectivity index (χ0) is 41.7. The van der Waals surface area contributed by atoms with Crippen molar-refractivity contribution in [3.05, 3.63) is 218 Å². The van der Waals surface area contributed by atoms with Gasteiger partial charge in [-0.25, -0.2) is 19.9 Å². The molecule has 5 nitrogen and oxygen atoms in total. The van der Waals surface area contributed by atoms with Gasteiger partial charge < -0.3 is 4.42 Å². The summed E-state index contributed by atoms with van der Waals surface area (Å²) in [7, 11) is 0. The van der Waals surface area contributed by atoms with Crippen LogP contribution in [0.3, 0.4) is 0 Å². The second kappa shape index (κ2) is 15.2. The van der Waals surface area contributed by atoms with E-state index in [-0.39, 0.29) is 0 Å². The van der Waals surface area contributed by atoms with Crippen LogP contribution in [0.25, 0.3) is 122 Å². The molecular weight excluding hydrogens is 769 g/mol. The van der Waals surface area contributed by atoms with Crippen LogP contribution in [0.5, 0.6) is 0 Å². The minimum Gasteiger partial charge on any atom is -0.454 e. The zero-order valence-electron chi connectivity index (χ0n) is 34.0. The van der Waals surface area contributed by atoms with Crippen LogP contribution in [-0.2, 0) is 0 Å². The molecule has 0 saturated heterocycles. The first-order chi connectivity index (χ1) is 31.2. The molecule has 0 aliphatic carbocycles. The Morgan fingerprint density at radius 1 is 0.302 bits per heavy atom. The zero-order valence-corrected chi connectivity index (χ0v) is 34.0. The molecule has 0 spiro atoms. The van der Waals surface area contributed by atoms with E-state index in [1.165, 1.54) is 10.9 Å². The van der Waals surface area contributed by atoms with Gasteiger partial charge in [0.1, 0.15) is 11.3 Å². The lowest BCUT2D eigenvalue weighted by Crippen LogP contribution is -2.00. The van der Waals surface area contributed by atoms with E-state index < -0.39 is 0 Å². The third-order valence-electron chi connectivity index (χ3n) is 11.9. The fourth-order valence-electron chi connectivity index (χ4n) is 8.79. The summed E-state index contributed by atoms with van der Waals surface area (Å²) in [5.41, 5.74) is 13.9. The molecule has 63 heavy (non-hydrogen) atoms. The summed E-state index contributed by atoms with van der Waals surface area (Å²) in [5, 5.41) is 5.51. The lowest BCUT2D eigenvalue weighted by Gasteiger charge is -2.12. The van der Waals surface area contributed by atoms with E-state index in [1.54, 1.807) is 0 Å². The quantitative estimate of drug-likeness (QED) is 0.161. The Morgan fingerprint density at radius 3 is 1.51 bits per heavy atom. The average Bonchev–Trinajstić information content (AvgIpc) is 3.77. The van der Waals surface area contributed by atoms with Gasteiger partial charge in [0.15, 0.2) is 23.1 Å². The summed E-state index contributed by atoms with van der Waals surface area (Å²) in [4.78, 5) is 20.4. The Bertz CT molecular complexity index is 3670. The van der Waals surface area contributed by atoms with Gasteiger partial charge in [-0.1, -0.05) is 188 Å². The van der Waals surface area contributed by atoms with E-state index in [9.17, 15) is 0 Å². The molecule has 0 radical (unpaired) electrons. The molecular formula is C58H36N4O. The molecule has 0 aliphatic rings. The lowest BCUT2D eigenvalue weighted by atomic mass is 9.95. The topological polar surface area (TPSA) is 64.7 Å². The molecule has 0 saturated carbocycles. The number of rotatable bonds is 7. The lowest BCUT2D eigenvalue weighted by molar-refractivity contribution is 0.669. The molecule has 3 aromatic heterocycles. The molecule has 0 bridgehead atoms. The van der Waals surface area contributed by atoms with Gasteiger partial charge in [-0.2, -0.15) is 0 Å². The van der Waals surface area contributed by atoms with Crippen LogP contribution >= 0.6 is 0 Å². The van der Waals surface area contributed by atoms with E-state index >= 15 is 0 Å². The monoisotopic (exact) mass is 804 g/mol. The van der Waals surface area contributed by atoms with Crippen molar-refractivity contribution in [3.63, 3.8) is 0 Å². The molecule has 294 valence electrons. The Balaban J connectivity index is 0.939. The molecule has 0 atom stereocenters. The molecule has 0 aliphatic heterocycles. The first-order valence-electron chi connectivity index (χ1n) is 21.1. The van der Waals surface area contributed by atoms with Crippen molar-refractivity contribution in [1.29, 1.82) is 0 Å². The van der Waals surface area contributed by atoms with Gasteiger partial charge in [-0.3, -0.25) is 0 Å². The van der Waals surface area contributed by atoms with Gasteiger partial charge in [0.25, 0.3) is 0 Å². The standard InChI is InChI=1S/C58H36N4O/c1-3-14-37(15-4-1)38-28-30-41(31-29-38)57-60-56(40-17-5-2-6-18-40)61-58(62-57)46-23-12-22-44(35-46)42-20-11-21-43(34-42)45-32-33-51-50(36-45)53-49-25-9-10-27-52(49)63-55(53)54(59-51)48-26-13-19-39-16-7-8-24-47(39)48/h1-36H. The molecule has 0 N–H and O–H groups in total. The largest absolute Gasteiger partial charge is 0.454 e. The maximum absolute atomic E-state index is 6.67. The highest BCUT2D eigenvalue weighted by molar-refractivity contribution is 6.22. The average molecular weight is 805 g/mol. The van der Waals surface area contributed by atoms with Gasteiger partial charge in [-0.15, -0.1) is 0 Å². The number of aromatic nitrogens is 4. The molecule has 12 aromatic rings. The van der Waals surface area contributed by atoms with Crippen LogP contribution in [0.2, 0.25) is 0 Å². The predicted molar refractivity (Wildman–Crippen MR) is 258 cm³/mol. The number of benzene rings is 9. The number of nitrogens with zero attached hydrogens (tertiary/aromatic N) is 4. The summed E-state index contributed by atoms with van der Waals surface area (Å²) >= 11 is 0. The van der Waals surface area contributed by atoms with Gasteiger partial charge in [-0.05, 0) is 74.5 Å². The van der Waals surface area contributed by atoms with Gasteiger partial charge in [0.05, 0.1) is 5.52 Å². The molecule has 0 unspecified atom stereocenters. The van der Waals surface area contributed by atoms with Crippen LogP contribution < -0.4 is 0 Å². The van der Waals surface area contributed by atoms with E-state index in [0.717, 1.165) is 94.0 Å². The highest BCUT2D eigenvalue weighted by atomic mass is 16.3. The molecule has 3 heterocycles. The summed E-state index contributed by atoms with van der Waals surface area (Å²) in [5.74, 6) is 1.87. The number of hydrogen-bond acceptors (Lipinski definition) is 5. The number of pyridine rings is 1. The van der Waals surface area contributed by atoms with Gasteiger partial charge >= 0.3 is 0 Å². The van der Waals surface area contributed by atoms with Gasteiger partial charge in [0.2, 0.25) is 0 Å². The van der Waals surface area contributed by atoms with Crippen molar-refractivity contribution < 1.29 is 4.42 Å². The number of hydrogen-bond donors (Lipinski definition) is 0. The van der Waals surface area contributed by atoms with E-state index in [1.807, 2.05) is 48.5 Å². The molecule has 9 aromatic carbocycles. The summed E-state index contributed by atoms with van der Waals surface area (Å²) in [6.07, 6.45) is 0. The third kappa shape index (κ3) is 6.60. The highest BCUT2D eigenvalue weighted by Gasteiger charge is 2.20. The summed E-state index contributed by atoms with van der Waals surface area (Å²) < 4.78 is 6.67. The first-order valence-corrected chi connectivity index (χ1v) is 21.1. The number of furan rings is 1. The summed E-state index contributed by atoms with van der Waals surface area (Å²) in [6.45, 7) is 0. The van der Waals surface area contributed by atoms with Crippen LogP contribution in [0.1, 0.15) is 0 Å². The Hall–Kier alpha value is -8.54. The first kappa shape index (κ1) is 36.3. The van der Waals surface area contributed by atoms with Crippen molar-refractivity contribution in [3.8, 4) is 78.8 Å². The van der Waals surface area contributed by atoms with Crippen molar-refractivity contribution in [2.75, 3.05) is 0 Å². The fourth-order valence-corrected chi connectivity index (χ4v) is 8.79. The minimum atomic E-state index is 0.616. The molecule has 0 amide bonds. The third-order valence-corrected chi connectivity index (χ3v) is 11.9. The Morgan fingerprint density at radius 2 is 0.778 bits per heavy atom. The van der Waals surface area contributed by atoms with E-state index in [0.29, 0.717) is 17.5 Å². The molecule has 0 fully saturated rings. The summed E-state index contributed by atoms with van der Waals surface area (Å²) in [6, 6.07) is 75.8. The van der Waals surface area contributed by atoms with Crippen molar-refractivity contribution in [2.45, 2.75) is 0 Å². The predicted octanol–water partition coefficient (Wildman–Crippen LogP) is 15.1. The fraction of sp³-hybridized carbons (Fsp3) is 0. The van der Waals surface area contributed by atoms with Crippen LogP contribution in [0.4, 0.5) is 0 Å².